The SMILES string of the molecule is CCC(C)NC(=NCCc1ccco1)NC1CCN(c2ncccc2F)C1.I. The minimum atomic E-state index is -0.275. The fourth-order valence-corrected chi connectivity index (χ4v) is 3.07. The third-order valence-corrected chi connectivity index (χ3v) is 4.77. The molecule has 1 aliphatic rings. The van der Waals surface area contributed by atoms with Crippen LogP contribution in [-0.4, -0.2) is 42.7 Å². The first kappa shape index (κ1) is 22.4. The van der Waals surface area contributed by atoms with Crippen molar-refractivity contribution < 1.29 is 8.81 Å². The first-order valence-electron chi connectivity index (χ1n) is 9.61. The lowest BCUT2D eigenvalue weighted by Crippen LogP contribution is -2.47. The van der Waals surface area contributed by atoms with Gasteiger partial charge >= 0.3 is 0 Å². The van der Waals surface area contributed by atoms with Crippen molar-refractivity contribution in [3.05, 3.63) is 48.3 Å². The van der Waals surface area contributed by atoms with Crippen LogP contribution in [0, 0.1) is 5.82 Å². The van der Waals surface area contributed by atoms with Gasteiger partial charge in [-0.1, -0.05) is 6.92 Å². The van der Waals surface area contributed by atoms with Crippen molar-refractivity contribution in [2.24, 2.45) is 4.99 Å². The maximum Gasteiger partial charge on any atom is 0.191 e. The third-order valence-electron chi connectivity index (χ3n) is 4.77. The van der Waals surface area contributed by atoms with Gasteiger partial charge < -0.3 is 20.0 Å². The number of nitrogens with zero attached hydrogens (tertiary/aromatic N) is 3. The van der Waals surface area contributed by atoms with Crippen molar-refractivity contribution in [3.63, 3.8) is 0 Å². The first-order chi connectivity index (χ1) is 13.2. The molecule has 3 rings (SSSR count). The molecule has 0 aliphatic carbocycles. The number of aliphatic imine (C=N–C) groups is 1. The van der Waals surface area contributed by atoms with Crippen LogP contribution in [0.5, 0.6) is 0 Å². The fourth-order valence-electron chi connectivity index (χ4n) is 3.07. The van der Waals surface area contributed by atoms with E-state index in [0.29, 0.717) is 24.9 Å². The van der Waals surface area contributed by atoms with Gasteiger partial charge in [0.2, 0.25) is 0 Å². The average molecular weight is 501 g/mol. The summed E-state index contributed by atoms with van der Waals surface area (Å²) in [7, 11) is 0. The highest BCUT2D eigenvalue weighted by atomic mass is 127. The average Bonchev–Trinajstić information content (AvgIpc) is 3.34. The molecular weight excluding hydrogens is 472 g/mol. The number of aromatic nitrogens is 1. The van der Waals surface area contributed by atoms with Crippen molar-refractivity contribution in [1.82, 2.24) is 15.6 Å². The topological polar surface area (TPSA) is 65.7 Å². The summed E-state index contributed by atoms with van der Waals surface area (Å²) in [5.74, 6) is 1.87. The molecule has 0 aromatic carbocycles. The van der Waals surface area contributed by atoms with Crippen LogP contribution >= 0.6 is 24.0 Å². The number of halogens is 2. The van der Waals surface area contributed by atoms with Crippen LogP contribution in [0.1, 0.15) is 32.4 Å². The van der Waals surface area contributed by atoms with E-state index < -0.39 is 0 Å². The largest absolute Gasteiger partial charge is 0.469 e. The van der Waals surface area contributed by atoms with Gasteiger partial charge in [0.1, 0.15) is 5.76 Å². The van der Waals surface area contributed by atoms with Crippen LogP contribution in [0.4, 0.5) is 10.2 Å². The van der Waals surface area contributed by atoms with Gasteiger partial charge in [0.15, 0.2) is 17.6 Å². The summed E-state index contributed by atoms with van der Waals surface area (Å²) < 4.78 is 19.3. The molecule has 6 nitrogen and oxygen atoms in total. The van der Waals surface area contributed by atoms with Crippen LogP contribution in [0.3, 0.4) is 0 Å². The Labute approximate surface area is 183 Å². The molecule has 2 aromatic rings. The zero-order valence-corrected chi connectivity index (χ0v) is 18.7. The number of guanidine groups is 1. The van der Waals surface area contributed by atoms with Crippen LogP contribution in [-0.2, 0) is 6.42 Å². The lowest BCUT2D eigenvalue weighted by atomic mass is 10.2. The van der Waals surface area contributed by atoms with Gasteiger partial charge in [-0.2, -0.15) is 0 Å². The summed E-state index contributed by atoms with van der Waals surface area (Å²) in [4.78, 5) is 10.9. The highest BCUT2D eigenvalue weighted by molar-refractivity contribution is 14.0. The molecule has 2 unspecified atom stereocenters. The Kier molecular flexibility index (Phi) is 9.01. The third kappa shape index (κ3) is 6.35. The van der Waals surface area contributed by atoms with Crippen molar-refractivity contribution >= 4 is 35.8 Å². The summed E-state index contributed by atoms with van der Waals surface area (Å²) in [5.41, 5.74) is 0. The highest BCUT2D eigenvalue weighted by Crippen LogP contribution is 2.20. The number of hydrogen-bond acceptors (Lipinski definition) is 4. The second-order valence-corrected chi connectivity index (χ2v) is 6.90. The lowest BCUT2D eigenvalue weighted by Gasteiger charge is -2.22. The molecule has 2 atom stereocenters. The molecular formula is C20H29FIN5O. The molecule has 0 bridgehead atoms. The maximum absolute atomic E-state index is 14.0. The summed E-state index contributed by atoms with van der Waals surface area (Å²) in [6, 6.07) is 7.44. The summed E-state index contributed by atoms with van der Waals surface area (Å²) in [6.45, 7) is 6.39. The number of furan rings is 1. The molecule has 0 amide bonds. The van der Waals surface area contributed by atoms with Gasteiger partial charge in [0, 0.05) is 44.3 Å². The quantitative estimate of drug-likeness (QED) is 0.345. The molecule has 2 aromatic heterocycles. The van der Waals surface area contributed by atoms with Gasteiger partial charge in [-0.05, 0) is 44.0 Å². The Bertz CT molecular complexity index is 740. The number of hydrogen-bond donors (Lipinski definition) is 2. The maximum atomic E-state index is 14.0. The number of nitrogens with one attached hydrogen (secondary N) is 2. The zero-order valence-electron chi connectivity index (χ0n) is 16.4. The Morgan fingerprint density at radius 2 is 2.29 bits per heavy atom. The van der Waals surface area contributed by atoms with Gasteiger partial charge in [-0.15, -0.1) is 24.0 Å². The lowest BCUT2D eigenvalue weighted by molar-refractivity contribution is 0.510. The van der Waals surface area contributed by atoms with Crippen molar-refractivity contribution in [2.75, 3.05) is 24.5 Å². The Morgan fingerprint density at radius 1 is 1.43 bits per heavy atom. The molecule has 1 saturated heterocycles. The monoisotopic (exact) mass is 501 g/mol. The highest BCUT2D eigenvalue weighted by Gasteiger charge is 2.26. The molecule has 154 valence electrons. The normalized spacial score (nSPS) is 17.9. The predicted octanol–water partition coefficient (Wildman–Crippen LogP) is 3.59. The van der Waals surface area contributed by atoms with E-state index in [1.165, 1.54) is 6.07 Å². The second-order valence-electron chi connectivity index (χ2n) is 6.90. The van der Waals surface area contributed by atoms with E-state index in [2.05, 4.69) is 29.5 Å². The number of rotatable bonds is 7. The Balaban J connectivity index is 0.00000280. The van der Waals surface area contributed by atoms with Gasteiger partial charge in [-0.3, -0.25) is 4.99 Å². The fraction of sp³-hybridized carbons (Fsp3) is 0.500. The minimum absolute atomic E-state index is 0. The zero-order chi connectivity index (χ0) is 19.1. The van der Waals surface area contributed by atoms with Crippen LogP contribution in [0.15, 0.2) is 46.1 Å². The van der Waals surface area contributed by atoms with Gasteiger partial charge in [-0.25, -0.2) is 9.37 Å². The predicted molar refractivity (Wildman–Crippen MR) is 121 cm³/mol. The minimum Gasteiger partial charge on any atom is -0.469 e. The second kappa shape index (κ2) is 11.2. The molecule has 1 fully saturated rings. The first-order valence-corrected chi connectivity index (χ1v) is 9.61. The van der Waals surface area contributed by atoms with Crippen LogP contribution in [0.2, 0.25) is 0 Å². The van der Waals surface area contributed by atoms with Gasteiger partial charge in [0.25, 0.3) is 0 Å². The summed E-state index contributed by atoms with van der Waals surface area (Å²) >= 11 is 0. The van der Waals surface area contributed by atoms with E-state index in [1.807, 2.05) is 17.0 Å². The summed E-state index contributed by atoms with van der Waals surface area (Å²) in [6.07, 6.45) is 5.99. The molecule has 1 aliphatic heterocycles. The Morgan fingerprint density at radius 3 is 3.00 bits per heavy atom. The van der Waals surface area contributed by atoms with Crippen molar-refractivity contribution in [2.45, 2.75) is 45.2 Å². The van der Waals surface area contributed by atoms with E-state index in [9.17, 15) is 4.39 Å². The van der Waals surface area contributed by atoms with E-state index in [0.717, 1.165) is 37.5 Å². The van der Waals surface area contributed by atoms with Crippen molar-refractivity contribution in [1.29, 1.82) is 0 Å². The molecule has 0 radical (unpaired) electrons. The molecule has 3 heterocycles. The summed E-state index contributed by atoms with van der Waals surface area (Å²) in [5, 5.41) is 6.94. The van der Waals surface area contributed by atoms with E-state index >= 15 is 0 Å². The number of pyridine rings is 1. The molecule has 0 spiro atoms. The van der Waals surface area contributed by atoms with Crippen molar-refractivity contribution in [3.8, 4) is 0 Å². The standard InChI is InChI=1S/C20H28FN5O.HI/c1-3-15(2)24-20(23-11-8-17-6-5-13-27-17)25-16-9-12-26(14-16)19-18(21)7-4-10-22-19;/h4-7,10,13,15-16H,3,8-9,11-12,14H2,1-2H3,(H2,23,24,25);1H. The van der Waals surface area contributed by atoms with Crippen LogP contribution < -0.4 is 15.5 Å². The van der Waals surface area contributed by atoms with Crippen LogP contribution in [0.25, 0.3) is 0 Å². The van der Waals surface area contributed by atoms with E-state index in [-0.39, 0.29) is 35.8 Å². The van der Waals surface area contributed by atoms with E-state index in [4.69, 9.17) is 9.41 Å². The molecule has 28 heavy (non-hydrogen) atoms. The number of anilines is 1. The molecule has 8 heteroatoms. The molecule has 0 saturated carbocycles. The molecule has 2 N–H and O–H groups in total. The smallest absolute Gasteiger partial charge is 0.191 e. The van der Waals surface area contributed by atoms with E-state index in [1.54, 1.807) is 18.5 Å². The van der Waals surface area contributed by atoms with Gasteiger partial charge in [0.05, 0.1) is 6.26 Å². The Hall–Kier alpha value is -1.84.